The van der Waals surface area contributed by atoms with E-state index in [1.54, 1.807) is 30.3 Å². The number of carbonyl (C=O) groups excluding carboxylic acids is 3. The molecule has 1 aliphatic rings. The van der Waals surface area contributed by atoms with Gasteiger partial charge in [0.25, 0.3) is 0 Å². The normalized spacial score (nSPS) is 18.5. The Morgan fingerprint density at radius 1 is 0.935 bits per heavy atom. The number of aliphatic hydroxyl groups is 2. The lowest BCUT2D eigenvalue weighted by atomic mass is 10.0. The molecule has 0 saturated carbocycles. The summed E-state index contributed by atoms with van der Waals surface area (Å²) in [5.74, 6) is -3.47. The summed E-state index contributed by atoms with van der Waals surface area (Å²) in [5, 5.41) is 37.9. The fourth-order valence-corrected chi connectivity index (χ4v) is 3.16. The molecule has 1 aromatic rings. The molecule has 1 saturated heterocycles. The predicted octanol–water partition coefficient (Wildman–Crippen LogP) is -2.50. The molecule has 0 spiro atoms. The molecule has 31 heavy (non-hydrogen) atoms. The molecular formula is C20H28N4O7. The van der Waals surface area contributed by atoms with Crippen LogP contribution in [0.5, 0.6) is 0 Å². The predicted molar refractivity (Wildman–Crippen MR) is 109 cm³/mol. The number of aliphatic carboxylic acids is 1. The van der Waals surface area contributed by atoms with Gasteiger partial charge in [0, 0.05) is 6.42 Å². The number of carbonyl (C=O) groups is 4. The summed E-state index contributed by atoms with van der Waals surface area (Å²) in [5.41, 5.74) is 0.693. The van der Waals surface area contributed by atoms with Crippen LogP contribution in [0, 0.1) is 0 Å². The zero-order valence-corrected chi connectivity index (χ0v) is 16.9. The van der Waals surface area contributed by atoms with Gasteiger partial charge < -0.3 is 36.6 Å². The molecule has 2 rings (SSSR count). The lowest BCUT2D eigenvalue weighted by Crippen LogP contribution is -2.58. The van der Waals surface area contributed by atoms with Crippen LogP contribution in [-0.2, 0) is 25.6 Å². The molecule has 0 unspecified atom stereocenters. The number of hydrogen-bond donors (Lipinski definition) is 7. The first-order chi connectivity index (χ1) is 14.8. The van der Waals surface area contributed by atoms with Gasteiger partial charge in [-0.05, 0) is 24.9 Å². The monoisotopic (exact) mass is 436 g/mol. The van der Waals surface area contributed by atoms with Crippen LogP contribution in [0.25, 0.3) is 0 Å². The van der Waals surface area contributed by atoms with Crippen molar-refractivity contribution in [2.75, 3.05) is 19.8 Å². The van der Waals surface area contributed by atoms with E-state index in [-0.39, 0.29) is 6.42 Å². The molecule has 0 aliphatic carbocycles. The van der Waals surface area contributed by atoms with Gasteiger partial charge >= 0.3 is 5.97 Å². The molecule has 1 aliphatic heterocycles. The fourth-order valence-electron chi connectivity index (χ4n) is 3.16. The van der Waals surface area contributed by atoms with Crippen LogP contribution in [-0.4, -0.2) is 82.9 Å². The molecule has 1 heterocycles. The fraction of sp³-hybridized carbons (Fsp3) is 0.500. The quantitative estimate of drug-likeness (QED) is 0.199. The van der Waals surface area contributed by atoms with Crippen LogP contribution < -0.4 is 21.3 Å². The van der Waals surface area contributed by atoms with Crippen molar-refractivity contribution in [2.24, 2.45) is 0 Å². The number of carboxylic acids is 1. The first kappa shape index (κ1) is 24.3. The molecule has 3 amide bonds. The number of nitrogens with one attached hydrogen (secondary N) is 4. The Hall–Kier alpha value is -3.02. The highest BCUT2D eigenvalue weighted by atomic mass is 16.4. The highest BCUT2D eigenvalue weighted by Gasteiger charge is 2.31. The topological polar surface area (TPSA) is 177 Å². The van der Waals surface area contributed by atoms with Gasteiger partial charge in [-0.25, -0.2) is 4.79 Å². The van der Waals surface area contributed by atoms with Crippen LogP contribution >= 0.6 is 0 Å². The molecular weight excluding hydrogens is 408 g/mol. The lowest BCUT2D eigenvalue weighted by Gasteiger charge is -2.24. The van der Waals surface area contributed by atoms with Gasteiger partial charge in [0.1, 0.15) is 18.1 Å². The Labute approximate surface area is 179 Å². The summed E-state index contributed by atoms with van der Waals surface area (Å²) in [7, 11) is 0. The lowest BCUT2D eigenvalue weighted by molar-refractivity contribution is -0.143. The number of amides is 3. The van der Waals surface area contributed by atoms with Crippen LogP contribution in [0.2, 0.25) is 0 Å². The third-order valence-electron chi connectivity index (χ3n) is 4.91. The average molecular weight is 436 g/mol. The van der Waals surface area contributed by atoms with Gasteiger partial charge in [-0.3, -0.25) is 14.4 Å². The standard InChI is InChI=1S/C20H28N4O7/c25-10-15(23-17(27)13-7-4-8-21-13)19(29)22-14(9-12-5-2-1-3-6-12)18(28)24-16(11-26)20(30)31/h1-3,5-6,13-16,21,25-26H,4,7-11H2,(H,22,29)(H,23,27)(H,24,28)(H,30,31)/t13-,14-,15-,16-/m0/s1. The minimum Gasteiger partial charge on any atom is -0.480 e. The van der Waals surface area contributed by atoms with Crippen molar-refractivity contribution in [2.45, 2.75) is 43.4 Å². The Morgan fingerprint density at radius 3 is 2.10 bits per heavy atom. The maximum atomic E-state index is 12.7. The maximum Gasteiger partial charge on any atom is 0.328 e. The van der Waals surface area contributed by atoms with Crippen molar-refractivity contribution in [1.29, 1.82) is 0 Å². The highest BCUT2D eigenvalue weighted by Crippen LogP contribution is 2.07. The summed E-state index contributed by atoms with van der Waals surface area (Å²) < 4.78 is 0. The summed E-state index contributed by atoms with van der Waals surface area (Å²) >= 11 is 0. The number of hydrogen-bond acceptors (Lipinski definition) is 7. The molecule has 4 atom stereocenters. The van der Waals surface area contributed by atoms with Crippen molar-refractivity contribution < 1.29 is 34.5 Å². The minimum absolute atomic E-state index is 0.0342. The van der Waals surface area contributed by atoms with Gasteiger partial charge in [-0.2, -0.15) is 0 Å². The second kappa shape index (κ2) is 12.0. The zero-order chi connectivity index (χ0) is 22.8. The Morgan fingerprint density at radius 2 is 1.55 bits per heavy atom. The average Bonchev–Trinajstić information content (AvgIpc) is 3.30. The van der Waals surface area contributed by atoms with Crippen LogP contribution in [0.4, 0.5) is 0 Å². The van der Waals surface area contributed by atoms with Crippen molar-refractivity contribution in [1.82, 2.24) is 21.3 Å². The van der Waals surface area contributed by atoms with E-state index < -0.39 is 61.1 Å². The Balaban J connectivity index is 2.09. The number of benzene rings is 1. The van der Waals surface area contributed by atoms with Crippen LogP contribution in [0.1, 0.15) is 18.4 Å². The van der Waals surface area contributed by atoms with E-state index in [4.69, 9.17) is 10.2 Å². The van der Waals surface area contributed by atoms with Crippen molar-refractivity contribution in [3.05, 3.63) is 35.9 Å². The Kier molecular flexibility index (Phi) is 9.38. The molecule has 1 aromatic carbocycles. The van der Waals surface area contributed by atoms with Gasteiger partial charge in [0.15, 0.2) is 0 Å². The number of aliphatic hydroxyl groups excluding tert-OH is 2. The molecule has 0 radical (unpaired) electrons. The van der Waals surface area contributed by atoms with E-state index in [9.17, 15) is 24.3 Å². The summed E-state index contributed by atoms with van der Waals surface area (Å²) in [6, 6.07) is 4.24. The SMILES string of the molecule is O=C(O)[C@H](CO)NC(=O)[C@H](Cc1ccccc1)NC(=O)[C@H](CO)NC(=O)[C@@H]1CCCN1. The van der Waals surface area contributed by atoms with Gasteiger partial charge in [0.2, 0.25) is 17.7 Å². The molecule has 170 valence electrons. The summed E-state index contributed by atoms with van der Waals surface area (Å²) in [6.45, 7) is -0.821. The number of rotatable bonds is 11. The molecule has 11 heteroatoms. The maximum absolute atomic E-state index is 12.7. The van der Waals surface area contributed by atoms with Crippen LogP contribution in [0.15, 0.2) is 30.3 Å². The van der Waals surface area contributed by atoms with E-state index in [0.717, 1.165) is 6.42 Å². The molecule has 7 N–H and O–H groups in total. The molecule has 11 nitrogen and oxygen atoms in total. The van der Waals surface area contributed by atoms with Crippen molar-refractivity contribution >= 4 is 23.7 Å². The smallest absolute Gasteiger partial charge is 0.328 e. The molecule has 0 bridgehead atoms. The van der Waals surface area contributed by atoms with Gasteiger partial charge in [0.05, 0.1) is 19.3 Å². The summed E-state index contributed by atoms with van der Waals surface area (Å²) in [6.07, 6.45) is 1.47. The first-order valence-electron chi connectivity index (χ1n) is 9.98. The third kappa shape index (κ3) is 7.31. The van der Waals surface area contributed by atoms with Crippen molar-refractivity contribution in [3.63, 3.8) is 0 Å². The number of carboxylic acid groups (broad SMARTS) is 1. The third-order valence-corrected chi connectivity index (χ3v) is 4.91. The van der Waals surface area contributed by atoms with E-state index in [2.05, 4.69) is 21.3 Å². The second-order valence-corrected chi connectivity index (χ2v) is 7.23. The highest BCUT2D eigenvalue weighted by molar-refractivity contribution is 5.94. The van der Waals surface area contributed by atoms with Crippen molar-refractivity contribution in [3.8, 4) is 0 Å². The zero-order valence-electron chi connectivity index (χ0n) is 16.9. The van der Waals surface area contributed by atoms with E-state index in [1.807, 2.05) is 0 Å². The minimum atomic E-state index is -1.54. The van der Waals surface area contributed by atoms with E-state index in [1.165, 1.54) is 0 Å². The van der Waals surface area contributed by atoms with E-state index in [0.29, 0.717) is 18.5 Å². The van der Waals surface area contributed by atoms with Gasteiger partial charge in [-0.1, -0.05) is 30.3 Å². The first-order valence-corrected chi connectivity index (χ1v) is 9.98. The van der Waals surface area contributed by atoms with Crippen LogP contribution in [0.3, 0.4) is 0 Å². The Bertz CT molecular complexity index is 768. The summed E-state index contributed by atoms with van der Waals surface area (Å²) in [4.78, 5) is 48.7. The van der Waals surface area contributed by atoms with Gasteiger partial charge in [-0.15, -0.1) is 0 Å². The van der Waals surface area contributed by atoms with E-state index >= 15 is 0 Å². The largest absolute Gasteiger partial charge is 0.480 e. The second-order valence-electron chi connectivity index (χ2n) is 7.23. The molecule has 0 aromatic heterocycles. The molecule has 1 fully saturated rings.